The third-order valence-electron chi connectivity index (χ3n) is 2.54. The van der Waals surface area contributed by atoms with Crippen LogP contribution < -0.4 is 9.47 Å². The van der Waals surface area contributed by atoms with E-state index in [9.17, 15) is 14.9 Å². The largest absolute Gasteiger partial charge is 0.493 e. The number of carbonyl (C=O) groups excluding carboxylic acids is 1. The monoisotopic (exact) mass is 285 g/mol. The van der Waals surface area contributed by atoms with Crippen LogP contribution in [0.1, 0.15) is 10.4 Å². The second kappa shape index (κ2) is 7.41. The highest BCUT2D eigenvalue weighted by Crippen LogP contribution is 2.34. The van der Waals surface area contributed by atoms with Crippen LogP contribution in [0.5, 0.6) is 11.5 Å². The molecule has 0 N–H and O–H groups in total. The van der Waals surface area contributed by atoms with Crippen molar-refractivity contribution in [1.82, 2.24) is 0 Å². The highest BCUT2D eigenvalue weighted by molar-refractivity contribution is 5.83. The SMILES string of the molecule is COc1cc(C=O)c([N+](=O)[O-])cc1OCC(OC)OC. The predicted molar refractivity (Wildman–Crippen MR) is 68.3 cm³/mol. The van der Waals surface area contributed by atoms with Crippen molar-refractivity contribution in [3.05, 3.63) is 27.8 Å². The summed E-state index contributed by atoms with van der Waals surface area (Å²) in [4.78, 5) is 21.0. The van der Waals surface area contributed by atoms with Gasteiger partial charge in [-0.05, 0) is 0 Å². The van der Waals surface area contributed by atoms with E-state index in [4.69, 9.17) is 18.9 Å². The second-order valence-electron chi connectivity index (χ2n) is 3.65. The Labute approximate surface area is 115 Å². The molecule has 8 heteroatoms. The maximum atomic E-state index is 10.9. The van der Waals surface area contributed by atoms with Gasteiger partial charge in [0.15, 0.2) is 24.1 Å². The maximum absolute atomic E-state index is 10.9. The van der Waals surface area contributed by atoms with Gasteiger partial charge in [0, 0.05) is 20.3 Å². The highest BCUT2D eigenvalue weighted by Gasteiger charge is 2.20. The van der Waals surface area contributed by atoms with Gasteiger partial charge in [-0.2, -0.15) is 0 Å². The lowest BCUT2D eigenvalue weighted by atomic mass is 10.1. The Balaban J connectivity index is 3.07. The summed E-state index contributed by atoms with van der Waals surface area (Å²) >= 11 is 0. The van der Waals surface area contributed by atoms with Crippen LogP contribution in [0.2, 0.25) is 0 Å². The molecule has 0 heterocycles. The molecule has 0 saturated heterocycles. The van der Waals surface area contributed by atoms with Gasteiger partial charge in [0.05, 0.1) is 23.7 Å². The van der Waals surface area contributed by atoms with E-state index in [0.29, 0.717) is 6.29 Å². The molecule has 1 aromatic rings. The van der Waals surface area contributed by atoms with Gasteiger partial charge in [0.2, 0.25) is 0 Å². The quantitative estimate of drug-likeness (QED) is 0.308. The van der Waals surface area contributed by atoms with Gasteiger partial charge in [0.25, 0.3) is 5.69 Å². The standard InChI is InChI=1S/C12H15NO7/c1-17-10-4-8(6-14)9(13(15)16)5-11(10)20-7-12(18-2)19-3/h4-6,12H,7H2,1-3H3. The summed E-state index contributed by atoms with van der Waals surface area (Å²) in [6.45, 7) is 0.0148. The number of benzene rings is 1. The van der Waals surface area contributed by atoms with Crippen molar-refractivity contribution < 1.29 is 28.7 Å². The number of carbonyl (C=O) groups is 1. The molecule has 0 aliphatic carbocycles. The molecule has 110 valence electrons. The number of nitro benzene ring substituents is 1. The van der Waals surface area contributed by atoms with Gasteiger partial charge in [-0.15, -0.1) is 0 Å². The van der Waals surface area contributed by atoms with E-state index in [1.165, 1.54) is 27.4 Å². The Morgan fingerprint density at radius 1 is 1.25 bits per heavy atom. The van der Waals surface area contributed by atoms with Crippen LogP contribution in [0.15, 0.2) is 12.1 Å². The van der Waals surface area contributed by atoms with Crippen molar-refractivity contribution in [2.24, 2.45) is 0 Å². The normalized spacial score (nSPS) is 10.4. The molecule has 0 atom stereocenters. The Kier molecular flexibility index (Phi) is 5.88. The Bertz CT molecular complexity index is 485. The molecule has 1 rings (SSSR count). The van der Waals surface area contributed by atoms with E-state index in [-0.39, 0.29) is 29.4 Å². The summed E-state index contributed by atoms with van der Waals surface area (Å²) in [6, 6.07) is 2.38. The van der Waals surface area contributed by atoms with E-state index < -0.39 is 11.2 Å². The zero-order valence-electron chi connectivity index (χ0n) is 11.3. The topological polar surface area (TPSA) is 97.1 Å². The third-order valence-corrected chi connectivity index (χ3v) is 2.54. The first kappa shape index (κ1) is 15.9. The van der Waals surface area contributed by atoms with Crippen molar-refractivity contribution in [3.8, 4) is 11.5 Å². The average Bonchev–Trinajstić information content (AvgIpc) is 2.47. The first-order valence-corrected chi connectivity index (χ1v) is 5.57. The summed E-state index contributed by atoms with van der Waals surface area (Å²) in [5.41, 5.74) is -0.448. The minimum atomic E-state index is -0.667. The molecule has 0 spiro atoms. The summed E-state index contributed by atoms with van der Waals surface area (Å²) in [7, 11) is 4.24. The van der Waals surface area contributed by atoms with E-state index in [2.05, 4.69) is 0 Å². The summed E-state index contributed by atoms with van der Waals surface area (Å²) in [5.74, 6) is 0.340. The van der Waals surface area contributed by atoms with Crippen molar-refractivity contribution in [1.29, 1.82) is 0 Å². The fourth-order valence-electron chi connectivity index (χ4n) is 1.48. The predicted octanol–water partition coefficient (Wildman–Crippen LogP) is 1.41. The van der Waals surface area contributed by atoms with E-state index in [0.717, 1.165) is 6.07 Å². The number of hydrogen-bond donors (Lipinski definition) is 0. The van der Waals surface area contributed by atoms with Crippen molar-refractivity contribution in [2.45, 2.75) is 6.29 Å². The molecular formula is C12H15NO7. The minimum Gasteiger partial charge on any atom is -0.493 e. The smallest absolute Gasteiger partial charge is 0.283 e. The van der Waals surface area contributed by atoms with Crippen LogP contribution in [-0.4, -0.2) is 45.4 Å². The Morgan fingerprint density at radius 2 is 1.90 bits per heavy atom. The van der Waals surface area contributed by atoms with E-state index >= 15 is 0 Å². The van der Waals surface area contributed by atoms with E-state index in [1.807, 2.05) is 0 Å². The zero-order chi connectivity index (χ0) is 15.1. The molecule has 0 saturated carbocycles. The van der Waals surface area contributed by atoms with Crippen molar-refractivity contribution in [3.63, 3.8) is 0 Å². The summed E-state index contributed by atoms with van der Waals surface area (Å²) in [6.07, 6.45) is -0.234. The molecule has 8 nitrogen and oxygen atoms in total. The number of ether oxygens (including phenoxy) is 4. The second-order valence-corrected chi connectivity index (χ2v) is 3.65. The lowest BCUT2D eigenvalue weighted by molar-refractivity contribution is -0.385. The molecule has 0 radical (unpaired) electrons. The molecule has 0 unspecified atom stereocenters. The molecule has 20 heavy (non-hydrogen) atoms. The van der Waals surface area contributed by atoms with Crippen LogP contribution >= 0.6 is 0 Å². The fraction of sp³-hybridized carbons (Fsp3) is 0.417. The molecule has 0 aliphatic heterocycles. The van der Waals surface area contributed by atoms with Crippen LogP contribution in [0, 0.1) is 10.1 Å². The lowest BCUT2D eigenvalue weighted by Gasteiger charge is -2.16. The van der Waals surface area contributed by atoms with Gasteiger partial charge in [-0.25, -0.2) is 0 Å². The first-order chi connectivity index (χ1) is 9.57. The third kappa shape index (κ3) is 3.65. The fourth-order valence-corrected chi connectivity index (χ4v) is 1.48. The first-order valence-electron chi connectivity index (χ1n) is 5.57. The molecule has 0 amide bonds. The molecule has 0 aromatic heterocycles. The van der Waals surface area contributed by atoms with Crippen LogP contribution in [-0.2, 0) is 9.47 Å². The van der Waals surface area contributed by atoms with Gasteiger partial charge in [-0.1, -0.05) is 0 Å². The van der Waals surface area contributed by atoms with E-state index in [1.54, 1.807) is 0 Å². The minimum absolute atomic E-state index is 0.0148. The van der Waals surface area contributed by atoms with Gasteiger partial charge in [0.1, 0.15) is 6.61 Å². The van der Waals surface area contributed by atoms with Crippen LogP contribution in [0.25, 0.3) is 0 Å². The number of nitro groups is 1. The summed E-state index contributed by atoms with van der Waals surface area (Å²) in [5, 5.41) is 10.9. The lowest BCUT2D eigenvalue weighted by Crippen LogP contribution is -2.22. The van der Waals surface area contributed by atoms with Crippen LogP contribution in [0.4, 0.5) is 5.69 Å². The molecule has 0 aliphatic rings. The molecule has 0 bridgehead atoms. The van der Waals surface area contributed by atoms with Crippen LogP contribution in [0.3, 0.4) is 0 Å². The van der Waals surface area contributed by atoms with Crippen molar-refractivity contribution in [2.75, 3.05) is 27.9 Å². The number of rotatable bonds is 8. The van der Waals surface area contributed by atoms with Gasteiger partial charge >= 0.3 is 0 Å². The Hall–Kier alpha value is -2.19. The van der Waals surface area contributed by atoms with Crippen molar-refractivity contribution >= 4 is 12.0 Å². The highest BCUT2D eigenvalue weighted by atomic mass is 16.7. The van der Waals surface area contributed by atoms with Gasteiger partial charge < -0.3 is 18.9 Å². The summed E-state index contributed by atoms with van der Waals surface area (Å²) < 4.78 is 20.3. The number of hydrogen-bond acceptors (Lipinski definition) is 7. The zero-order valence-corrected chi connectivity index (χ0v) is 11.3. The Morgan fingerprint density at radius 3 is 2.35 bits per heavy atom. The number of aldehydes is 1. The van der Waals surface area contributed by atoms with Gasteiger partial charge in [-0.3, -0.25) is 14.9 Å². The number of methoxy groups -OCH3 is 3. The number of nitrogens with zero attached hydrogens (tertiary/aromatic N) is 1. The molecule has 0 fully saturated rings. The molecular weight excluding hydrogens is 270 g/mol. The molecule has 1 aromatic carbocycles. The average molecular weight is 285 g/mol. The maximum Gasteiger partial charge on any atom is 0.283 e.